The SMILES string of the molecule is CC[C@H](C)[C@H](CO)NC(=O)CCn1c(C)nc2sc(C)c(C)c2c1=O. The summed E-state index contributed by atoms with van der Waals surface area (Å²) in [6.45, 7) is 9.93. The zero-order chi connectivity index (χ0) is 18.7. The minimum atomic E-state index is -0.252. The van der Waals surface area contributed by atoms with Crippen LogP contribution in [0.2, 0.25) is 0 Å². The van der Waals surface area contributed by atoms with Crippen LogP contribution in [0.15, 0.2) is 4.79 Å². The number of amides is 1. The van der Waals surface area contributed by atoms with Gasteiger partial charge in [-0.15, -0.1) is 11.3 Å². The number of nitrogens with zero attached hydrogens (tertiary/aromatic N) is 2. The van der Waals surface area contributed by atoms with Crippen LogP contribution in [0.3, 0.4) is 0 Å². The fourth-order valence-electron chi connectivity index (χ4n) is 2.84. The average Bonchev–Trinajstić information content (AvgIpc) is 2.85. The summed E-state index contributed by atoms with van der Waals surface area (Å²) < 4.78 is 1.57. The van der Waals surface area contributed by atoms with Crippen molar-refractivity contribution in [1.82, 2.24) is 14.9 Å². The summed E-state index contributed by atoms with van der Waals surface area (Å²) >= 11 is 1.53. The lowest BCUT2D eigenvalue weighted by Gasteiger charge is -2.22. The molecule has 2 aromatic heterocycles. The van der Waals surface area contributed by atoms with Gasteiger partial charge in [0.1, 0.15) is 10.7 Å². The molecule has 0 fully saturated rings. The first kappa shape index (κ1) is 19.6. The van der Waals surface area contributed by atoms with Crippen molar-refractivity contribution in [3.8, 4) is 0 Å². The smallest absolute Gasteiger partial charge is 0.262 e. The molecule has 0 saturated heterocycles. The quantitative estimate of drug-likeness (QED) is 0.788. The van der Waals surface area contributed by atoms with E-state index < -0.39 is 0 Å². The highest BCUT2D eigenvalue weighted by atomic mass is 32.1. The fraction of sp³-hybridized carbons (Fsp3) is 0.611. The van der Waals surface area contributed by atoms with Gasteiger partial charge in [0.25, 0.3) is 5.56 Å². The molecule has 0 bridgehead atoms. The van der Waals surface area contributed by atoms with Crippen molar-refractivity contribution in [1.29, 1.82) is 0 Å². The van der Waals surface area contributed by atoms with E-state index in [4.69, 9.17) is 0 Å². The first-order chi connectivity index (χ1) is 11.8. The highest BCUT2D eigenvalue weighted by Crippen LogP contribution is 2.26. The number of carbonyl (C=O) groups is 1. The van der Waals surface area contributed by atoms with Gasteiger partial charge in [-0.25, -0.2) is 4.98 Å². The van der Waals surface area contributed by atoms with Crippen molar-refractivity contribution >= 4 is 27.5 Å². The molecule has 2 aromatic rings. The van der Waals surface area contributed by atoms with Crippen molar-refractivity contribution < 1.29 is 9.90 Å². The van der Waals surface area contributed by atoms with Crippen molar-refractivity contribution in [2.75, 3.05) is 6.61 Å². The van der Waals surface area contributed by atoms with Gasteiger partial charge in [-0.1, -0.05) is 20.3 Å². The molecule has 0 aliphatic carbocycles. The zero-order valence-electron chi connectivity index (χ0n) is 15.5. The van der Waals surface area contributed by atoms with Gasteiger partial charge in [-0.3, -0.25) is 14.2 Å². The number of nitrogens with one attached hydrogen (secondary N) is 1. The molecule has 1 amide bonds. The van der Waals surface area contributed by atoms with Gasteiger partial charge in [0.2, 0.25) is 5.91 Å². The van der Waals surface area contributed by atoms with E-state index >= 15 is 0 Å². The van der Waals surface area contributed by atoms with Gasteiger partial charge in [0.05, 0.1) is 18.0 Å². The van der Waals surface area contributed by atoms with Gasteiger partial charge in [-0.05, 0) is 32.3 Å². The van der Waals surface area contributed by atoms with Gasteiger partial charge in [-0.2, -0.15) is 0 Å². The molecular weight excluding hydrogens is 338 g/mol. The number of fused-ring (bicyclic) bond motifs is 1. The summed E-state index contributed by atoms with van der Waals surface area (Å²) in [6, 6.07) is -0.252. The molecule has 138 valence electrons. The van der Waals surface area contributed by atoms with Crippen LogP contribution in [0.4, 0.5) is 0 Å². The minimum absolute atomic E-state index is 0.0827. The minimum Gasteiger partial charge on any atom is -0.394 e. The van der Waals surface area contributed by atoms with E-state index in [0.717, 1.165) is 21.7 Å². The third kappa shape index (κ3) is 4.10. The molecule has 2 N–H and O–H groups in total. The molecule has 0 saturated carbocycles. The number of aromatic nitrogens is 2. The molecule has 7 heteroatoms. The van der Waals surface area contributed by atoms with Gasteiger partial charge < -0.3 is 10.4 Å². The van der Waals surface area contributed by atoms with Crippen LogP contribution in [0.5, 0.6) is 0 Å². The standard InChI is InChI=1S/C18H27N3O3S/c1-6-10(2)14(9-22)20-15(23)7-8-21-13(5)19-17-16(18(21)24)11(3)12(4)25-17/h10,14,22H,6-9H2,1-5H3,(H,20,23)/t10-,14-/m0/s1. The molecule has 2 atom stereocenters. The van der Waals surface area contributed by atoms with Gasteiger partial charge in [0, 0.05) is 17.8 Å². The molecular formula is C18H27N3O3S. The van der Waals surface area contributed by atoms with Crippen LogP contribution in [-0.4, -0.2) is 33.2 Å². The number of aliphatic hydroxyl groups is 1. The van der Waals surface area contributed by atoms with E-state index in [0.29, 0.717) is 11.2 Å². The molecule has 2 heterocycles. The summed E-state index contributed by atoms with van der Waals surface area (Å²) in [6.07, 6.45) is 1.06. The third-order valence-electron chi connectivity index (χ3n) is 4.92. The molecule has 0 aromatic carbocycles. The Hall–Kier alpha value is -1.73. The monoisotopic (exact) mass is 365 g/mol. The van der Waals surface area contributed by atoms with Crippen molar-refractivity contribution in [2.45, 2.75) is 60.0 Å². The summed E-state index contributed by atoms with van der Waals surface area (Å²) in [5, 5.41) is 12.9. The van der Waals surface area contributed by atoms with Crippen molar-refractivity contribution in [2.24, 2.45) is 5.92 Å². The van der Waals surface area contributed by atoms with E-state index in [9.17, 15) is 14.7 Å². The second kappa shape index (κ2) is 8.10. The summed E-state index contributed by atoms with van der Waals surface area (Å²) in [5.74, 6) is 0.656. The largest absolute Gasteiger partial charge is 0.394 e. The second-order valence-electron chi connectivity index (χ2n) is 6.57. The maximum atomic E-state index is 12.8. The summed E-state index contributed by atoms with van der Waals surface area (Å²) in [5.41, 5.74) is 0.880. The van der Waals surface area contributed by atoms with E-state index in [2.05, 4.69) is 10.3 Å². The Morgan fingerprint density at radius 1 is 1.36 bits per heavy atom. The number of aryl methyl sites for hydroxylation is 3. The maximum absolute atomic E-state index is 12.8. The highest BCUT2D eigenvalue weighted by molar-refractivity contribution is 7.18. The first-order valence-electron chi connectivity index (χ1n) is 8.67. The highest BCUT2D eigenvalue weighted by Gasteiger charge is 2.18. The number of thiophene rings is 1. The normalized spacial score (nSPS) is 13.8. The molecule has 0 aliphatic rings. The van der Waals surface area contributed by atoms with Crippen LogP contribution in [-0.2, 0) is 11.3 Å². The predicted octanol–water partition coefficient (Wildman–Crippen LogP) is 2.30. The number of rotatable bonds is 7. The molecule has 0 unspecified atom stereocenters. The topological polar surface area (TPSA) is 84.2 Å². The molecule has 6 nitrogen and oxygen atoms in total. The summed E-state index contributed by atoms with van der Waals surface area (Å²) in [4.78, 5) is 31.4. The van der Waals surface area contributed by atoms with E-state index in [-0.39, 0.29) is 43.0 Å². The van der Waals surface area contributed by atoms with E-state index in [1.165, 1.54) is 11.3 Å². The van der Waals surface area contributed by atoms with Gasteiger partial charge in [0.15, 0.2) is 0 Å². The number of carbonyl (C=O) groups excluding carboxylic acids is 1. The Labute approximate surface area is 151 Å². The van der Waals surface area contributed by atoms with E-state index in [1.54, 1.807) is 11.5 Å². The Morgan fingerprint density at radius 2 is 2.04 bits per heavy atom. The van der Waals surface area contributed by atoms with E-state index in [1.807, 2.05) is 27.7 Å². The Bertz CT molecular complexity index is 825. The Morgan fingerprint density at radius 3 is 2.64 bits per heavy atom. The third-order valence-corrected chi connectivity index (χ3v) is 6.02. The van der Waals surface area contributed by atoms with Gasteiger partial charge >= 0.3 is 0 Å². The van der Waals surface area contributed by atoms with Crippen molar-refractivity contribution in [3.05, 3.63) is 26.6 Å². The molecule has 25 heavy (non-hydrogen) atoms. The Balaban J connectivity index is 2.17. The average molecular weight is 365 g/mol. The first-order valence-corrected chi connectivity index (χ1v) is 9.49. The lowest BCUT2D eigenvalue weighted by Crippen LogP contribution is -2.42. The zero-order valence-corrected chi connectivity index (χ0v) is 16.4. The lowest BCUT2D eigenvalue weighted by atomic mass is 10.00. The molecule has 0 aliphatic heterocycles. The number of aliphatic hydroxyl groups excluding tert-OH is 1. The fourth-order valence-corrected chi connectivity index (χ4v) is 3.90. The number of hydrogen-bond acceptors (Lipinski definition) is 5. The second-order valence-corrected chi connectivity index (χ2v) is 7.77. The number of hydrogen-bond donors (Lipinski definition) is 2. The van der Waals surface area contributed by atoms with Crippen molar-refractivity contribution in [3.63, 3.8) is 0 Å². The van der Waals surface area contributed by atoms with Crippen LogP contribution in [0.1, 0.15) is 43.0 Å². The molecule has 0 spiro atoms. The predicted molar refractivity (Wildman–Crippen MR) is 101 cm³/mol. The van der Waals surface area contributed by atoms with Crippen LogP contribution in [0.25, 0.3) is 10.2 Å². The maximum Gasteiger partial charge on any atom is 0.262 e. The molecule has 0 radical (unpaired) electrons. The lowest BCUT2D eigenvalue weighted by molar-refractivity contribution is -0.122. The van der Waals surface area contributed by atoms with Crippen LogP contribution in [0, 0.1) is 26.7 Å². The summed E-state index contributed by atoms with van der Waals surface area (Å²) in [7, 11) is 0. The Kier molecular flexibility index (Phi) is 6.35. The van der Waals surface area contributed by atoms with Crippen LogP contribution < -0.4 is 10.9 Å². The van der Waals surface area contributed by atoms with Crippen LogP contribution >= 0.6 is 11.3 Å². The molecule has 2 rings (SSSR count).